The average Bonchev–Trinajstić information content (AvgIpc) is 2.22. The fourth-order valence-corrected chi connectivity index (χ4v) is 3.05. The van der Waals surface area contributed by atoms with Gasteiger partial charge >= 0.3 is 0 Å². The number of hydrogen-bond donors (Lipinski definition) is 0. The van der Waals surface area contributed by atoms with Crippen LogP contribution in [-0.4, -0.2) is 20.7 Å². The van der Waals surface area contributed by atoms with Crippen molar-refractivity contribution in [2.24, 2.45) is 11.8 Å². The molecular weight excluding hydrogens is 228 g/mol. The van der Waals surface area contributed by atoms with Crippen LogP contribution in [0.1, 0.15) is 48.0 Å². The third-order valence-electron chi connectivity index (χ3n) is 4.17. The Labute approximate surface area is 108 Å². The molecule has 0 amide bonds. The first kappa shape index (κ1) is 16.8. The molecule has 0 aliphatic heterocycles. The maximum absolute atomic E-state index is 11.0. The van der Waals surface area contributed by atoms with Crippen molar-refractivity contribution in [1.29, 1.82) is 0 Å². The van der Waals surface area contributed by atoms with Gasteiger partial charge in [0.05, 0.1) is 6.10 Å². The summed E-state index contributed by atoms with van der Waals surface area (Å²) in [5.41, 5.74) is 0. The van der Waals surface area contributed by atoms with E-state index in [1.165, 1.54) is 0 Å². The predicted octanol–water partition coefficient (Wildman–Crippen LogP) is 4.26. The fraction of sp³-hybridized carbons (Fsp3) is 0.929. The van der Waals surface area contributed by atoms with Crippen molar-refractivity contribution in [1.82, 2.24) is 0 Å². The first-order valence-corrected chi connectivity index (χ1v) is 9.60. The van der Waals surface area contributed by atoms with Crippen LogP contribution in [0.5, 0.6) is 0 Å². The van der Waals surface area contributed by atoms with Crippen molar-refractivity contribution in [3.63, 3.8) is 0 Å². The Bertz CT molecular complexity index is 243. The maximum Gasteiger partial charge on any atom is 0.192 e. The van der Waals surface area contributed by atoms with Gasteiger partial charge in [-0.25, -0.2) is 0 Å². The molecule has 0 aliphatic carbocycles. The molecule has 0 aliphatic rings. The summed E-state index contributed by atoms with van der Waals surface area (Å²) in [6, 6.07) is 0. The van der Waals surface area contributed by atoms with Crippen molar-refractivity contribution in [3.05, 3.63) is 0 Å². The molecule has 0 saturated carbocycles. The number of rotatable bonds is 6. The smallest absolute Gasteiger partial charge is 0.192 e. The van der Waals surface area contributed by atoms with E-state index in [2.05, 4.69) is 47.7 Å². The molecule has 0 unspecified atom stereocenters. The Kier molecular flexibility index (Phi) is 6.09. The zero-order valence-electron chi connectivity index (χ0n) is 12.8. The first-order valence-electron chi connectivity index (χ1n) is 6.70. The van der Waals surface area contributed by atoms with Crippen LogP contribution in [-0.2, 0) is 9.22 Å². The third-order valence-corrected chi connectivity index (χ3v) is 8.65. The lowest BCUT2D eigenvalue weighted by atomic mass is 9.93. The Balaban J connectivity index is 4.93. The molecule has 0 radical (unpaired) electrons. The second-order valence-corrected chi connectivity index (χ2v) is 11.5. The minimum atomic E-state index is -1.78. The van der Waals surface area contributed by atoms with E-state index in [0.29, 0.717) is 5.92 Å². The van der Waals surface area contributed by atoms with Gasteiger partial charge in [0.25, 0.3) is 0 Å². The van der Waals surface area contributed by atoms with Crippen LogP contribution in [0, 0.1) is 11.8 Å². The minimum absolute atomic E-state index is 0.0147. The molecule has 0 aromatic rings. The van der Waals surface area contributed by atoms with Crippen molar-refractivity contribution < 1.29 is 9.22 Å². The Morgan fingerprint density at radius 1 is 1.24 bits per heavy atom. The largest absolute Gasteiger partial charge is 0.413 e. The minimum Gasteiger partial charge on any atom is -0.413 e. The van der Waals surface area contributed by atoms with Gasteiger partial charge in [-0.3, -0.25) is 0 Å². The average molecular weight is 258 g/mol. The molecule has 0 fully saturated rings. The van der Waals surface area contributed by atoms with E-state index in [1.54, 1.807) is 0 Å². The van der Waals surface area contributed by atoms with E-state index in [-0.39, 0.29) is 17.1 Å². The lowest BCUT2D eigenvalue weighted by Gasteiger charge is -2.42. The zero-order chi connectivity index (χ0) is 13.9. The monoisotopic (exact) mass is 258 g/mol. The summed E-state index contributed by atoms with van der Waals surface area (Å²) < 4.78 is 6.42. The topological polar surface area (TPSA) is 26.3 Å². The maximum atomic E-state index is 11.0. The zero-order valence-corrected chi connectivity index (χ0v) is 13.8. The summed E-state index contributed by atoms with van der Waals surface area (Å²) in [4.78, 5) is 11.0. The molecule has 0 rings (SSSR count). The number of carbonyl (C=O) groups is 1. The van der Waals surface area contributed by atoms with Gasteiger partial charge in [-0.1, -0.05) is 48.0 Å². The number of aldehydes is 1. The highest BCUT2D eigenvalue weighted by atomic mass is 28.4. The van der Waals surface area contributed by atoms with Crippen LogP contribution in [0.3, 0.4) is 0 Å². The molecule has 102 valence electrons. The number of hydrogen-bond acceptors (Lipinski definition) is 2. The van der Waals surface area contributed by atoms with Gasteiger partial charge in [-0.2, -0.15) is 0 Å². The summed E-state index contributed by atoms with van der Waals surface area (Å²) >= 11 is 0. The second kappa shape index (κ2) is 6.14. The van der Waals surface area contributed by atoms with E-state index in [1.807, 2.05) is 6.92 Å². The van der Waals surface area contributed by atoms with Crippen LogP contribution >= 0.6 is 0 Å². The standard InChI is InChI=1S/C14H30O2Si/c1-9-11(2)13(12(3)10-15)16-17(7,8)14(4,5)6/h10-13H,9H2,1-8H3/t11-,12-,13-/m1/s1. The molecule has 3 atom stereocenters. The summed E-state index contributed by atoms with van der Waals surface area (Å²) in [5.74, 6) is 0.420. The Morgan fingerprint density at radius 3 is 2.00 bits per heavy atom. The second-order valence-electron chi connectivity index (χ2n) is 6.72. The molecule has 17 heavy (non-hydrogen) atoms. The van der Waals surface area contributed by atoms with E-state index < -0.39 is 8.32 Å². The van der Waals surface area contributed by atoms with E-state index in [4.69, 9.17) is 4.43 Å². The van der Waals surface area contributed by atoms with Gasteiger partial charge in [-0.05, 0) is 24.1 Å². The molecule has 0 saturated heterocycles. The lowest BCUT2D eigenvalue weighted by Crippen LogP contribution is -2.47. The number of carbonyl (C=O) groups excluding carboxylic acids is 1. The molecule has 0 spiro atoms. The molecule has 0 heterocycles. The van der Waals surface area contributed by atoms with E-state index in [0.717, 1.165) is 12.7 Å². The van der Waals surface area contributed by atoms with E-state index >= 15 is 0 Å². The third kappa shape index (κ3) is 4.55. The van der Waals surface area contributed by atoms with Crippen molar-refractivity contribution in [2.75, 3.05) is 0 Å². The molecule has 0 bridgehead atoms. The lowest BCUT2D eigenvalue weighted by molar-refractivity contribution is -0.114. The first-order chi connectivity index (χ1) is 7.56. The van der Waals surface area contributed by atoms with Crippen molar-refractivity contribution in [2.45, 2.75) is 72.2 Å². The van der Waals surface area contributed by atoms with Crippen LogP contribution < -0.4 is 0 Å². The molecule has 2 nitrogen and oxygen atoms in total. The summed E-state index contributed by atoms with van der Waals surface area (Å²) in [6.07, 6.45) is 2.15. The molecular formula is C14H30O2Si. The molecule has 0 aromatic carbocycles. The van der Waals surface area contributed by atoms with Gasteiger partial charge < -0.3 is 9.22 Å². The Hall–Kier alpha value is -0.153. The summed E-state index contributed by atoms with van der Waals surface area (Å²) in [5, 5.41) is 0.196. The Morgan fingerprint density at radius 2 is 1.71 bits per heavy atom. The van der Waals surface area contributed by atoms with Crippen molar-refractivity contribution in [3.8, 4) is 0 Å². The van der Waals surface area contributed by atoms with Gasteiger partial charge in [-0.15, -0.1) is 0 Å². The van der Waals surface area contributed by atoms with Gasteiger partial charge in [0.1, 0.15) is 6.29 Å². The predicted molar refractivity (Wildman–Crippen MR) is 76.8 cm³/mol. The summed E-state index contributed by atoms with van der Waals surface area (Å²) in [7, 11) is -1.78. The van der Waals surface area contributed by atoms with Gasteiger partial charge in [0.15, 0.2) is 8.32 Å². The van der Waals surface area contributed by atoms with Crippen LogP contribution in [0.15, 0.2) is 0 Å². The van der Waals surface area contributed by atoms with E-state index in [9.17, 15) is 4.79 Å². The van der Waals surface area contributed by atoms with Crippen LogP contribution in [0.4, 0.5) is 0 Å². The SMILES string of the molecule is CC[C@@H](C)[C@@H](O[Si](C)(C)C(C)(C)C)[C@H](C)C=O. The van der Waals surface area contributed by atoms with Crippen LogP contribution in [0.25, 0.3) is 0 Å². The van der Waals surface area contributed by atoms with Gasteiger partial charge in [0, 0.05) is 5.92 Å². The molecule has 0 aromatic heterocycles. The quantitative estimate of drug-likeness (QED) is 0.525. The highest BCUT2D eigenvalue weighted by Crippen LogP contribution is 2.39. The highest BCUT2D eigenvalue weighted by Gasteiger charge is 2.41. The molecule has 3 heteroatoms. The normalized spacial score (nSPS) is 18.6. The van der Waals surface area contributed by atoms with Gasteiger partial charge in [0.2, 0.25) is 0 Å². The summed E-state index contributed by atoms with van der Waals surface area (Å²) in [6.45, 7) is 17.5. The van der Waals surface area contributed by atoms with Crippen LogP contribution in [0.2, 0.25) is 18.1 Å². The molecule has 0 N–H and O–H groups in total. The fourth-order valence-electron chi connectivity index (χ4n) is 1.57. The highest BCUT2D eigenvalue weighted by molar-refractivity contribution is 6.74. The van der Waals surface area contributed by atoms with Crippen molar-refractivity contribution >= 4 is 14.6 Å².